The van der Waals surface area contributed by atoms with Gasteiger partial charge in [-0.2, -0.15) is 0 Å². The molecule has 0 atom stereocenters. The number of carbonyl (C=O) groups is 1. The molecule has 1 rings (SSSR count). The maximum atomic E-state index is 11.6. The highest BCUT2D eigenvalue weighted by molar-refractivity contribution is 6.30. The zero-order valence-electron chi connectivity index (χ0n) is 10.5. The molecule has 0 aromatic heterocycles. The maximum Gasteiger partial charge on any atom is 0.310 e. The average molecular weight is 257 g/mol. The van der Waals surface area contributed by atoms with E-state index in [0.29, 0.717) is 10.8 Å². The minimum atomic E-state index is -0.278. The number of ether oxygens (including phenoxy) is 2. The first kappa shape index (κ1) is 13.8. The molecule has 3 nitrogen and oxygen atoms in total. The van der Waals surface area contributed by atoms with E-state index in [-0.39, 0.29) is 18.5 Å². The van der Waals surface area contributed by atoms with Gasteiger partial charge in [0.15, 0.2) is 0 Å². The summed E-state index contributed by atoms with van der Waals surface area (Å²) in [6.07, 6.45) is 0.0525. The number of hydrogen-bond donors (Lipinski definition) is 0. The summed E-state index contributed by atoms with van der Waals surface area (Å²) in [5, 5.41) is 0.593. The number of aryl methyl sites for hydroxylation is 1. The maximum absolute atomic E-state index is 11.6. The summed E-state index contributed by atoms with van der Waals surface area (Å²) in [7, 11) is 1.58. The highest BCUT2D eigenvalue weighted by Crippen LogP contribution is 2.28. The van der Waals surface area contributed by atoms with Gasteiger partial charge in [0.25, 0.3) is 0 Å². The van der Waals surface area contributed by atoms with Gasteiger partial charge in [-0.15, -0.1) is 0 Å². The topological polar surface area (TPSA) is 35.5 Å². The van der Waals surface area contributed by atoms with Crippen molar-refractivity contribution in [2.24, 2.45) is 0 Å². The molecule has 0 unspecified atom stereocenters. The van der Waals surface area contributed by atoms with Crippen LogP contribution in [-0.4, -0.2) is 19.2 Å². The van der Waals surface area contributed by atoms with E-state index in [1.54, 1.807) is 19.2 Å². The Morgan fingerprint density at radius 3 is 2.59 bits per heavy atom. The summed E-state index contributed by atoms with van der Waals surface area (Å²) >= 11 is 5.96. The second-order valence-corrected chi connectivity index (χ2v) is 4.57. The van der Waals surface area contributed by atoms with Crippen LogP contribution < -0.4 is 4.74 Å². The number of carbonyl (C=O) groups excluding carboxylic acids is 1. The number of benzene rings is 1. The lowest BCUT2D eigenvalue weighted by atomic mass is 10.1. The van der Waals surface area contributed by atoms with Crippen LogP contribution in [0.25, 0.3) is 0 Å². The smallest absolute Gasteiger partial charge is 0.310 e. The van der Waals surface area contributed by atoms with E-state index in [9.17, 15) is 4.79 Å². The SMILES string of the molecule is COc1c(C)cc(Cl)cc1CC(=O)OC(C)C. The first-order valence-electron chi connectivity index (χ1n) is 5.46. The highest BCUT2D eigenvalue weighted by atomic mass is 35.5. The van der Waals surface area contributed by atoms with Crippen molar-refractivity contribution in [3.63, 3.8) is 0 Å². The zero-order valence-corrected chi connectivity index (χ0v) is 11.3. The summed E-state index contributed by atoms with van der Waals surface area (Å²) in [5.74, 6) is 0.412. The van der Waals surface area contributed by atoms with E-state index in [1.807, 2.05) is 20.8 Å². The van der Waals surface area contributed by atoms with Gasteiger partial charge >= 0.3 is 5.97 Å². The highest BCUT2D eigenvalue weighted by Gasteiger charge is 2.14. The minimum absolute atomic E-state index is 0.117. The lowest BCUT2D eigenvalue weighted by Crippen LogP contribution is -2.14. The third-order valence-electron chi connectivity index (χ3n) is 2.22. The van der Waals surface area contributed by atoms with Crippen molar-refractivity contribution in [1.82, 2.24) is 0 Å². The Labute approximate surface area is 107 Å². The predicted octanol–water partition coefficient (Wildman–Crippen LogP) is 3.15. The van der Waals surface area contributed by atoms with Crippen LogP contribution in [0.3, 0.4) is 0 Å². The number of methoxy groups -OCH3 is 1. The summed E-state index contributed by atoms with van der Waals surface area (Å²) in [5.41, 5.74) is 1.66. The minimum Gasteiger partial charge on any atom is -0.496 e. The van der Waals surface area contributed by atoms with Gasteiger partial charge in [-0.1, -0.05) is 11.6 Å². The lowest BCUT2D eigenvalue weighted by molar-refractivity contribution is -0.146. The Morgan fingerprint density at radius 1 is 1.41 bits per heavy atom. The summed E-state index contributed by atoms with van der Waals surface area (Å²) in [6, 6.07) is 3.53. The van der Waals surface area contributed by atoms with Gasteiger partial charge in [0.2, 0.25) is 0 Å². The Morgan fingerprint density at radius 2 is 2.06 bits per heavy atom. The molecule has 0 N–H and O–H groups in total. The summed E-state index contributed by atoms with van der Waals surface area (Å²) in [4.78, 5) is 11.6. The van der Waals surface area contributed by atoms with E-state index in [2.05, 4.69) is 0 Å². The monoisotopic (exact) mass is 256 g/mol. The van der Waals surface area contributed by atoms with Crippen molar-refractivity contribution in [2.75, 3.05) is 7.11 Å². The molecule has 0 bridgehead atoms. The van der Waals surface area contributed by atoms with Gasteiger partial charge < -0.3 is 9.47 Å². The van der Waals surface area contributed by atoms with Gasteiger partial charge in [-0.3, -0.25) is 4.79 Å². The van der Waals surface area contributed by atoms with Crippen molar-refractivity contribution < 1.29 is 14.3 Å². The van der Waals surface area contributed by atoms with Crippen LogP contribution in [0.4, 0.5) is 0 Å². The van der Waals surface area contributed by atoms with E-state index >= 15 is 0 Å². The molecular formula is C13H17ClO3. The molecule has 4 heteroatoms. The fraction of sp³-hybridized carbons (Fsp3) is 0.462. The van der Waals surface area contributed by atoms with Crippen molar-refractivity contribution in [1.29, 1.82) is 0 Å². The van der Waals surface area contributed by atoms with Crippen molar-refractivity contribution in [3.8, 4) is 5.75 Å². The first-order valence-corrected chi connectivity index (χ1v) is 5.84. The van der Waals surface area contributed by atoms with Crippen molar-refractivity contribution in [3.05, 3.63) is 28.3 Å². The quantitative estimate of drug-likeness (QED) is 0.777. The van der Waals surface area contributed by atoms with Crippen LogP contribution in [0.5, 0.6) is 5.75 Å². The molecule has 0 radical (unpaired) electrons. The molecule has 1 aromatic carbocycles. The van der Waals surface area contributed by atoms with Gasteiger partial charge in [-0.25, -0.2) is 0 Å². The Hall–Kier alpha value is -1.22. The Bertz CT molecular complexity index is 413. The van der Waals surface area contributed by atoms with Crippen LogP contribution >= 0.6 is 11.6 Å². The molecule has 0 amide bonds. The Kier molecular flexibility index (Phi) is 4.82. The van der Waals surface area contributed by atoms with E-state index < -0.39 is 0 Å². The van der Waals surface area contributed by atoms with Gasteiger partial charge in [0.05, 0.1) is 19.6 Å². The number of hydrogen-bond acceptors (Lipinski definition) is 3. The number of halogens is 1. The Balaban J connectivity index is 2.93. The second kappa shape index (κ2) is 5.92. The molecule has 17 heavy (non-hydrogen) atoms. The van der Waals surface area contributed by atoms with E-state index in [1.165, 1.54) is 0 Å². The molecule has 0 aliphatic rings. The molecule has 0 saturated heterocycles. The van der Waals surface area contributed by atoms with Crippen LogP contribution in [0.1, 0.15) is 25.0 Å². The third-order valence-corrected chi connectivity index (χ3v) is 2.44. The molecule has 0 heterocycles. The average Bonchev–Trinajstić information content (AvgIpc) is 2.15. The molecule has 1 aromatic rings. The molecule has 0 fully saturated rings. The third kappa shape index (κ3) is 3.93. The fourth-order valence-electron chi connectivity index (χ4n) is 1.68. The normalized spacial score (nSPS) is 10.5. The number of esters is 1. The molecule has 0 aliphatic carbocycles. The van der Waals surface area contributed by atoms with Crippen LogP contribution in [0, 0.1) is 6.92 Å². The molecule has 94 valence electrons. The second-order valence-electron chi connectivity index (χ2n) is 4.13. The largest absolute Gasteiger partial charge is 0.496 e. The molecule has 0 aliphatic heterocycles. The number of rotatable bonds is 4. The summed E-state index contributed by atoms with van der Waals surface area (Å²) < 4.78 is 10.4. The lowest BCUT2D eigenvalue weighted by Gasteiger charge is -2.13. The summed E-state index contributed by atoms with van der Waals surface area (Å²) in [6.45, 7) is 5.53. The molecule has 0 spiro atoms. The van der Waals surface area contributed by atoms with E-state index in [4.69, 9.17) is 21.1 Å². The standard InChI is InChI=1S/C13H17ClO3/c1-8(2)17-12(15)7-10-6-11(14)5-9(3)13(10)16-4/h5-6,8H,7H2,1-4H3. The predicted molar refractivity (Wildman–Crippen MR) is 67.7 cm³/mol. The van der Waals surface area contributed by atoms with Gasteiger partial charge in [0, 0.05) is 10.6 Å². The van der Waals surface area contributed by atoms with Crippen molar-refractivity contribution in [2.45, 2.75) is 33.3 Å². The zero-order chi connectivity index (χ0) is 13.0. The van der Waals surface area contributed by atoms with Gasteiger partial charge in [0.1, 0.15) is 5.75 Å². The van der Waals surface area contributed by atoms with Crippen LogP contribution in [-0.2, 0) is 16.0 Å². The van der Waals surface area contributed by atoms with Gasteiger partial charge in [-0.05, 0) is 38.5 Å². The molecular weight excluding hydrogens is 240 g/mol. The fourth-order valence-corrected chi connectivity index (χ4v) is 1.98. The van der Waals surface area contributed by atoms with Crippen molar-refractivity contribution >= 4 is 17.6 Å². The van der Waals surface area contributed by atoms with E-state index in [0.717, 1.165) is 11.1 Å². The van der Waals surface area contributed by atoms with Crippen LogP contribution in [0.15, 0.2) is 12.1 Å². The first-order chi connectivity index (χ1) is 7.93. The molecule has 0 saturated carbocycles. The van der Waals surface area contributed by atoms with Crippen LogP contribution in [0.2, 0.25) is 5.02 Å².